The summed E-state index contributed by atoms with van der Waals surface area (Å²) in [6.07, 6.45) is 0. The van der Waals surface area contributed by atoms with E-state index in [0.717, 1.165) is 33.0 Å². The average Bonchev–Trinajstić information content (AvgIpc) is 2.39. The van der Waals surface area contributed by atoms with Crippen molar-refractivity contribution in [1.82, 2.24) is 4.98 Å². The zero-order valence-electron chi connectivity index (χ0n) is 11.9. The average molecular weight is 319 g/mol. The van der Waals surface area contributed by atoms with Gasteiger partial charge in [-0.2, -0.15) is 0 Å². The number of halogens is 2. The van der Waals surface area contributed by atoms with Gasteiger partial charge in [0.1, 0.15) is 0 Å². The quantitative estimate of drug-likeness (QED) is 0.658. The largest absolute Gasteiger partial charge is 0.355 e. The van der Waals surface area contributed by atoms with Gasteiger partial charge in [-0.3, -0.25) is 4.98 Å². The molecule has 0 amide bonds. The Bertz CT molecular complexity index is 785. The van der Waals surface area contributed by atoms with E-state index in [0.29, 0.717) is 0 Å². The molecule has 1 N–H and O–H groups in total. The summed E-state index contributed by atoms with van der Waals surface area (Å²) in [7, 11) is 0. The normalized spacial score (nSPS) is 10.2. The Hall–Kier alpha value is -1.77. The van der Waals surface area contributed by atoms with Gasteiger partial charge in [-0.25, -0.2) is 0 Å². The molecular formula is C17H16Cl2N2. The van der Waals surface area contributed by atoms with Crippen molar-refractivity contribution in [1.29, 1.82) is 0 Å². The van der Waals surface area contributed by atoms with Crippen LogP contribution in [0.5, 0.6) is 0 Å². The van der Waals surface area contributed by atoms with Crippen molar-refractivity contribution in [2.24, 2.45) is 0 Å². The minimum Gasteiger partial charge on any atom is -0.355 e. The SMILES string of the molecule is Cc1cccc(Nc2cc(C)nc3ccc(Cl)cc23)c1.Cl. The lowest BCUT2D eigenvalue weighted by Crippen LogP contribution is -1.95. The number of anilines is 2. The van der Waals surface area contributed by atoms with Gasteiger partial charge in [0.15, 0.2) is 0 Å². The third kappa shape index (κ3) is 3.46. The molecule has 4 heteroatoms. The Labute approximate surface area is 135 Å². The molecule has 0 fully saturated rings. The highest BCUT2D eigenvalue weighted by atomic mass is 35.5. The molecule has 1 aromatic heterocycles. The maximum atomic E-state index is 6.10. The lowest BCUT2D eigenvalue weighted by Gasteiger charge is -2.11. The number of hydrogen-bond acceptors (Lipinski definition) is 2. The molecular weight excluding hydrogens is 303 g/mol. The predicted octanol–water partition coefficient (Wildman–Crippen LogP) is 5.67. The van der Waals surface area contributed by atoms with Crippen molar-refractivity contribution in [3.05, 3.63) is 64.8 Å². The van der Waals surface area contributed by atoms with Gasteiger partial charge in [0, 0.05) is 27.5 Å². The van der Waals surface area contributed by atoms with Crippen molar-refractivity contribution in [2.45, 2.75) is 13.8 Å². The van der Waals surface area contributed by atoms with Gasteiger partial charge < -0.3 is 5.32 Å². The molecule has 0 saturated carbocycles. The summed E-state index contributed by atoms with van der Waals surface area (Å²) in [6, 6.07) is 16.1. The molecule has 0 unspecified atom stereocenters. The topological polar surface area (TPSA) is 24.9 Å². The second-order valence-electron chi connectivity index (χ2n) is 4.97. The standard InChI is InChI=1S/C17H15ClN2.ClH/c1-11-4-3-5-14(8-11)20-17-9-12(2)19-16-7-6-13(18)10-15(16)17;/h3-10H,1-2H3,(H,19,20);1H. The number of pyridine rings is 1. The van der Waals surface area contributed by atoms with Crippen LogP contribution >= 0.6 is 24.0 Å². The molecule has 0 aliphatic carbocycles. The van der Waals surface area contributed by atoms with Gasteiger partial charge in [0.05, 0.1) is 5.52 Å². The van der Waals surface area contributed by atoms with Crippen molar-refractivity contribution in [2.75, 3.05) is 5.32 Å². The first kappa shape index (κ1) is 15.6. The maximum absolute atomic E-state index is 6.10. The fourth-order valence-electron chi connectivity index (χ4n) is 2.31. The van der Waals surface area contributed by atoms with Crippen molar-refractivity contribution < 1.29 is 0 Å². The van der Waals surface area contributed by atoms with E-state index in [1.807, 2.05) is 37.3 Å². The Kier molecular flexibility index (Phi) is 4.71. The van der Waals surface area contributed by atoms with Crippen LogP contribution < -0.4 is 5.32 Å². The number of nitrogens with one attached hydrogen (secondary N) is 1. The summed E-state index contributed by atoms with van der Waals surface area (Å²) in [5.74, 6) is 0. The summed E-state index contributed by atoms with van der Waals surface area (Å²) in [5.41, 5.74) is 5.25. The Morgan fingerprint density at radius 3 is 2.57 bits per heavy atom. The van der Waals surface area contributed by atoms with E-state index in [1.165, 1.54) is 5.56 Å². The van der Waals surface area contributed by atoms with Crippen LogP contribution in [0.2, 0.25) is 5.02 Å². The minimum atomic E-state index is 0. The van der Waals surface area contributed by atoms with Gasteiger partial charge in [-0.15, -0.1) is 12.4 Å². The van der Waals surface area contributed by atoms with Gasteiger partial charge in [-0.1, -0.05) is 23.7 Å². The first-order valence-corrected chi connectivity index (χ1v) is 6.90. The number of aryl methyl sites for hydroxylation is 2. The van der Waals surface area contributed by atoms with Crippen LogP contribution in [0.15, 0.2) is 48.5 Å². The Balaban J connectivity index is 0.00000161. The smallest absolute Gasteiger partial charge is 0.0727 e. The van der Waals surface area contributed by atoms with E-state index in [-0.39, 0.29) is 12.4 Å². The van der Waals surface area contributed by atoms with Crippen LogP contribution in [0, 0.1) is 13.8 Å². The molecule has 108 valence electrons. The highest BCUT2D eigenvalue weighted by molar-refractivity contribution is 6.31. The third-order valence-electron chi connectivity index (χ3n) is 3.20. The van der Waals surface area contributed by atoms with Crippen LogP contribution in [0.25, 0.3) is 10.9 Å². The van der Waals surface area contributed by atoms with Crippen LogP contribution in [0.4, 0.5) is 11.4 Å². The lowest BCUT2D eigenvalue weighted by atomic mass is 10.1. The fourth-order valence-corrected chi connectivity index (χ4v) is 2.48. The summed E-state index contributed by atoms with van der Waals surface area (Å²) in [5, 5.41) is 5.21. The number of fused-ring (bicyclic) bond motifs is 1. The molecule has 0 bridgehead atoms. The van der Waals surface area contributed by atoms with Gasteiger partial charge >= 0.3 is 0 Å². The minimum absolute atomic E-state index is 0. The highest BCUT2D eigenvalue weighted by Crippen LogP contribution is 2.28. The Morgan fingerprint density at radius 1 is 1.00 bits per heavy atom. The molecule has 0 atom stereocenters. The second-order valence-corrected chi connectivity index (χ2v) is 5.40. The summed E-state index contributed by atoms with van der Waals surface area (Å²) in [4.78, 5) is 4.54. The van der Waals surface area contributed by atoms with Crippen LogP contribution in [-0.2, 0) is 0 Å². The summed E-state index contributed by atoms with van der Waals surface area (Å²) in [6.45, 7) is 4.08. The summed E-state index contributed by atoms with van der Waals surface area (Å²) >= 11 is 6.10. The predicted molar refractivity (Wildman–Crippen MR) is 93.2 cm³/mol. The van der Waals surface area contributed by atoms with E-state index in [1.54, 1.807) is 0 Å². The zero-order chi connectivity index (χ0) is 14.1. The highest BCUT2D eigenvalue weighted by Gasteiger charge is 2.05. The zero-order valence-corrected chi connectivity index (χ0v) is 13.4. The summed E-state index contributed by atoms with van der Waals surface area (Å²) < 4.78 is 0. The molecule has 2 aromatic carbocycles. The molecule has 0 aliphatic heterocycles. The van der Waals surface area contributed by atoms with Crippen LogP contribution in [-0.4, -0.2) is 4.98 Å². The lowest BCUT2D eigenvalue weighted by molar-refractivity contribution is 1.25. The number of hydrogen-bond donors (Lipinski definition) is 1. The van der Waals surface area contributed by atoms with Crippen molar-refractivity contribution in [3.63, 3.8) is 0 Å². The van der Waals surface area contributed by atoms with Crippen LogP contribution in [0.1, 0.15) is 11.3 Å². The first-order valence-electron chi connectivity index (χ1n) is 6.52. The number of aromatic nitrogens is 1. The molecule has 2 nitrogen and oxygen atoms in total. The third-order valence-corrected chi connectivity index (χ3v) is 3.43. The molecule has 1 heterocycles. The molecule has 3 aromatic rings. The van der Waals surface area contributed by atoms with Crippen molar-refractivity contribution >= 4 is 46.3 Å². The number of nitrogens with zero attached hydrogens (tertiary/aromatic N) is 1. The molecule has 0 aliphatic rings. The fraction of sp³-hybridized carbons (Fsp3) is 0.118. The van der Waals surface area contributed by atoms with Gasteiger partial charge in [0.2, 0.25) is 0 Å². The number of benzene rings is 2. The molecule has 3 rings (SSSR count). The molecule has 0 saturated heterocycles. The molecule has 21 heavy (non-hydrogen) atoms. The van der Waals surface area contributed by atoms with Gasteiger partial charge in [-0.05, 0) is 55.8 Å². The monoisotopic (exact) mass is 318 g/mol. The van der Waals surface area contributed by atoms with E-state index >= 15 is 0 Å². The second kappa shape index (κ2) is 6.33. The maximum Gasteiger partial charge on any atom is 0.0727 e. The molecule has 0 spiro atoms. The van der Waals surface area contributed by atoms with Crippen LogP contribution in [0.3, 0.4) is 0 Å². The van der Waals surface area contributed by atoms with E-state index in [4.69, 9.17) is 11.6 Å². The van der Waals surface area contributed by atoms with Crippen molar-refractivity contribution in [3.8, 4) is 0 Å². The number of rotatable bonds is 2. The van der Waals surface area contributed by atoms with E-state index in [2.05, 4.69) is 35.4 Å². The van der Waals surface area contributed by atoms with E-state index < -0.39 is 0 Å². The molecule has 0 radical (unpaired) electrons. The Morgan fingerprint density at radius 2 is 1.81 bits per heavy atom. The first-order chi connectivity index (χ1) is 9.61. The van der Waals surface area contributed by atoms with Gasteiger partial charge in [0.25, 0.3) is 0 Å². The van der Waals surface area contributed by atoms with E-state index in [9.17, 15) is 0 Å².